The quantitative estimate of drug-likeness (QED) is 0.558. The average molecular weight is 385 g/mol. The highest BCUT2D eigenvalue weighted by Gasteiger charge is 2.32. The number of esters is 1. The number of hydrogen-bond acceptors (Lipinski definition) is 5. The van der Waals surface area contributed by atoms with E-state index in [1.807, 2.05) is 6.92 Å². The molecule has 0 aliphatic carbocycles. The Morgan fingerprint density at radius 3 is 2.48 bits per heavy atom. The summed E-state index contributed by atoms with van der Waals surface area (Å²) in [4.78, 5) is 11.4. The lowest BCUT2D eigenvalue weighted by Crippen LogP contribution is -2.21. The number of rotatable bonds is 8. The van der Waals surface area contributed by atoms with Crippen molar-refractivity contribution >= 4 is 11.7 Å². The van der Waals surface area contributed by atoms with E-state index < -0.39 is 25.3 Å². The van der Waals surface area contributed by atoms with E-state index in [9.17, 15) is 18.0 Å². The van der Waals surface area contributed by atoms with Crippen LogP contribution >= 0.6 is 0 Å². The second kappa shape index (κ2) is 8.79. The van der Waals surface area contributed by atoms with Crippen molar-refractivity contribution in [1.82, 2.24) is 9.78 Å². The zero-order valence-corrected chi connectivity index (χ0v) is 15.2. The molecule has 9 heteroatoms. The van der Waals surface area contributed by atoms with Gasteiger partial charge in [0.05, 0.1) is 12.8 Å². The third-order valence-electron chi connectivity index (χ3n) is 3.81. The number of alkyl halides is 3. The topological polar surface area (TPSA) is 79.4 Å². The van der Waals surface area contributed by atoms with E-state index in [0.717, 1.165) is 10.2 Å². The van der Waals surface area contributed by atoms with Gasteiger partial charge in [0.15, 0.2) is 6.61 Å². The van der Waals surface area contributed by atoms with Crippen molar-refractivity contribution in [3.63, 3.8) is 0 Å². The van der Waals surface area contributed by atoms with Gasteiger partial charge in [-0.25, -0.2) is 9.48 Å². The van der Waals surface area contributed by atoms with E-state index in [0.29, 0.717) is 36.2 Å². The molecule has 0 fully saturated rings. The molecule has 0 unspecified atom stereocenters. The molecular weight excluding hydrogens is 363 g/mol. The Balaban J connectivity index is 2.44. The van der Waals surface area contributed by atoms with Crippen molar-refractivity contribution in [3.05, 3.63) is 41.1 Å². The fraction of sp³-hybridized carbons (Fsp3) is 0.444. The number of halogens is 3. The highest BCUT2D eigenvalue weighted by molar-refractivity contribution is 5.70. The largest absolute Gasteiger partial charge is 0.466 e. The van der Waals surface area contributed by atoms with E-state index in [1.165, 1.54) is 7.11 Å². The van der Waals surface area contributed by atoms with Crippen molar-refractivity contribution in [2.45, 2.75) is 38.9 Å². The predicted molar refractivity (Wildman–Crippen MR) is 93.4 cm³/mol. The molecule has 1 aromatic heterocycles. The molecule has 1 aromatic carbocycles. The van der Waals surface area contributed by atoms with Gasteiger partial charge in [0.1, 0.15) is 6.54 Å². The second-order valence-electron chi connectivity index (χ2n) is 6.04. The van der Waals surface area contributed by atoms with E-state index in [1.54, 1.807) is 24.3 Å². The maximum Gasteiger partial charge on any atom is 0.408 e. The number of benzene rings is 1. The molecule has 0 atom stereocenters. The number of ether oxygens (including phenoxy) is 2. The standard InChI is InChI=1S/C18H22F3N3O3/c1-3-4-15-14(9-12-5-7-13(22)8-6-12)17(27-10-16(25)26-2)24(23-15)11-18(19,20)21/h5-8H,3-4,9-11,22H2,1-2H3. The van der Waals surface area contributed by atoms with Gasteiger partial charge in [-0.05, 0) is 24.1 Å². The SMILES string of the molecule is CCCc1nn(CC(F)(F)F)c(OCC(=O)OC)c1Cc1ccc(N)cc1. The number of carbonyl (C=O) groups excluding carboxylic acids is 1. The molecule has 1 heterocycles. The van der Waals surface area contributed by atoms with Crippen LogP contribution in [0.25, 0.3) is 0 Å². The van der Waals surface area contributed by atoms with Crippen LogP contribution < -0.4 is 10.5 Å². The van der Waals surface area contributed by atoms with Gasteiger partial charge >= 0.3 is 12.1 Å². The Labute approximate surface area is 155 Å². The minimum Gasteiger partial charge on any atom is -0.466 e. The number of nitrogens with zero attached hydrogens (tertiary/aromatic N) is 2. The van der Waals surface area contributed by atoms with Crippen LogP contribution in [0.15, 0.2) is 24.3 Å². The van der Waals surface area contributed by atoms with Crippen molar-refractivity contribution in [3.8, 4) is 5.88 Å². The van der Waals surface area contributed by atoms with Crippen molar-refractivity contribution in [2.75, 3.05) is 19.5 Å². The fourth-order valence-electron chi connectivity index (χ4n) is 2.61. The smallest absolute Gasteiger partial charge is 0.408 e. The maximum absolute atomic E-state index is 13.0. The fourth-order valence-corrected chi connectivity index (χ4v) is 2.61. The lowest BCUT2D eigenvalue weighted by Gasteiger charge is -2.12. The third kappa shape index (κ3) is 5.90. The van der Waals surface area contributed by atoms with Crippen LogP contribution in [0.2, 0.25) is 0 Å². The molecular formula is C18H22F3N3O3. The first kappa shape index (κ1) is 20.6. The number of hydrogen-bond donors (Lipinski definition) is 1. The van der Waals surface area contributed by atoms with E-state index in [4.69, 9.17) is 10.5 Å². The monoisotopic (exact) mass is 385 g/mol. The summed E-state index contributed by atoms with van der Waals surface area (Å²) in [5, 5.41) is 4.10. The highest BCUT2D eigenvalue weighted by atomic mass is 19.4. The highest BCUT2D eigenvalue weighted by Crippen LogP contribution is 2.30. The zero-order valence-electron chi connectivity index (χ0n) is 15.2. The Morgan fingerprint density at radius 2 is 1.93 bits per heavy atom. The van der Waals surface area contributed by atoms with Crippen LogP contribution in [-0.4, -0.2) is 35.6 Å². The van der Waals surface area contributed by atoms with Crippen molar-refractivity contribution in [1.29, 1.82) is 0 Å². The molecule has 27 heavy (non-hydrogen) atoms. The number of methoxy groups -OCH3 is 1. The van der Waals surface area contributed by atoms with Gasteiger partial charge in [0.2, 0.25) is 5.88 Å². The minimum atomic E-state index is -4.47. The van der Waals surface area contributed by atoms with Gasteiger partial charge in [-0.3, -0.25) is 0 Å². The Bertz CT molecular complexity index is 771. The summed E-state index contributed by atoms with van der Waals surface area (Å²) in [7, 11) is 1.18. The molecule has 0 amide bonds. The summed E-state index contributed by atoms with van der Waals surface area (Å²) in [6.07, 6.45) is -2.97. The summed E-state index contributed by atoms with van der Waals surface area (Å²) in [5.74, 6) is -0.761. The van der Waals surface area contributed by atoms with Gasteiger partial charge in [0.25, 0.3) is 0 Å². The van der Waals surface area contributed by atoms with Crippen LogP contribution in [0, 0.1) is 0 Å². The molecule has 2 rings (SSSR count). The average Bonchev–Trinajstić information content (AvgIpc) is 2.89. The molecule has 0 bridgehead atoms. The first-order valence-electron chi connectivity index (χ1n) is 8.42. The van der Waals surface area contributed by atoms with Crippen LogP contribution in [0.5, 0.6) is 5.88 Å². The van der Waals surface area contributed by atoms with Gasteiger partial charge in [-0.1, -0.05) is 25.5 Å². The molecule has 0 saturated carbocycles. The molecule has 0 aliphatic heterocycles. The van der Waals surface area contributed by atoms with Crippen molar-refractivity contribution in [2.24, 2.45) is 0 Å². The first-order valence-corrected chi connectivity index (χ1v) is 8.42. The Morgan fingerprint density at radius 1 is 1.26 bits per heavy atom. The van der Waals surface area contributed by atoms with Gasteiger partial charge in [0, 0.05) is 17.7 Å². The Kier molecular flexibility index (Phi) is 6.70. The molecule has 0 spiro atoms. The first-order chi connectivity index (χ1) is 12.7. The van der Waals surface area contributed by atoms with Gasteiger partial charge in [-0.15, -0.1) is 0 Å². The normalized spacial score (nSPS) is 11.4. The predicted octanol–water partition coefficient (Wildman–Crippen LogP) is 3.12. The third-order valence-corrected chi connectivity index (χ3v) is 3.81. The van der Waals surface area contributed by atoms with Crippen LogP contribution in [0.4, 0.5) is 18.9 Å². The number of anilines is 1. The van der Waals surface area contributed by atoms with Gasteiger partial charge in [-0.2, -0.15) is 18.3 Å². The number of aryl methyl sites for hydroxylation is 1. The molecule has 2 aromatic rings. The lowest BCUT2D eigenvalue weighted by molar-refractivity contribution is -0.145. The molecule has 6 nitrogen and oxygen atoms in total. The summed E-state index contributed by atoms with van der Waals surface area (Å²) in [5.41, 5.74) is 8.14. The van der Waals surface area contributed by atoms with Gasteiger partial charge < -0.3 is 15.2 Å². The van der Waals surface area contributed by atoms with E-state index >= 15 is 0 Å². The van der Waals surface area contributed by atoms with E-state index in [-0.39, 0.29) is 5.88 Å². The van der Waals surface area contributed by atoms with Crippen molar-refractivity contribution < 1.29 is 27.4 Å². The summed E-state index contributed by atoms with van der Waals surface area (Å²) in [6.45, 7) is 0.104. The number of nitrogen functional groups attached to an aromatic ring is 1. The lowest BCUT2D eigenvalue weighted by atomic mass is 10.0. The molecule has 0 saturated heterocycles. The van der Waals surface area contributed by atoms with Crippen LogP contribution in [-0.2, 0) is 28.9 Å². The number of aromatic nitrogens is 2. The molecule has 0 aliphatic rings. The van der Waals surface area contributed by atoms with E-state index in [2.05, 4.69) is 9.84 Å². The number of nitrogens with two attached hydrogens (primary N) is 1. The van der Waals surface area contributed by atoms with Crippen LogP contribution in [0.3, 0.4) is 0 Å². The van der Waals surface area contributed by atoms with Crippen LogP contribution in [0.1, 0.15) is 30.2 Å². The molecule has 2 N–H and O–H groups in total. The molecule has 0 radical (unpaired) electrons. The number of carbonyl (C=O) groups is 1. The summed E-state index contributed by atoms with van der Waals surface area (Å²) < 4.78 is 49.6. The maximum atomic E-state index is 13.0. The Hall–Kier alpha value is -2.71. The summed E-state index contributed by atoms with van der Waals surface area (Å²) >= 11 is 0. The summed E-state index contributed by atoms with van der Waals surface area (Å²) in [6, 6.07) is 7.00. The molecule has 148 valence electrons. The zero-order chi connectivity index (χ0) is 20.0. The minimum absolute atomic E-state index is 0.0713. The second-order valence-corrected chi connectivity index (χ2v) is 6.04.